The van der Waals surface area contributed by atoms with Crippen molar-refractivity contribution in [3.05, 3.63) is 81.5 Å². The molecule has 5 heteroatoms. The van der Waals surface area contributed by atoms with Gasteiger partial charge in [-0.05, 0) is 46.9 Å². The highest BCUT2D eigenvalue weighted by Gasteiger charge is 2.14. The summed E-state index contributed by atoms with van der Waals surface area (Å²) in [5.74, 6) is -0.694. The fourth-order valence-electron chi connectivity index (χ4n) is 2.75. The molecule has 4 nitrogen and oxygen atoms in total. The van der Waals surface area contributed by atoms with E-state index in [1.165, 1.54) is 24.3 Å². The molecule has 26 heavy (non-hydrogen) atoms. The quantitative estimate of drug-likeness (QED) is 0.719. The average molecular weight is 353 g/mol. The van der Waals surface area contributed by atoms with E-state index in [2.05, 4.69) is 26.1 Å². The zero-order valence-corrected chi connectivity index (χ0v) is 14.9. The molecule has 134 valence electrons. The van der Waals surface area contributed by atoms with Gasteiger partial charge < -0.3 is 9.73 Å². The molecule has 1 heterocycles. The Bertz CT molecular complexity index is 1010. The van der Waals surface area contributed by atoms with Gasteiger partial charge in [-0.1, -0.05) is 32.9 Å². The summed E-state index contributed by atoms with van der Waals surface area (Å²) in [4.78, 5) is 24.0. The van der Waals surface area contributed by atoms with Gasteiger partial charge in [-0.25, -0.2) is 9.18 Å². The SMILES string of the molecule is CC(C)(C)c1ccc(C(=O)NCc2cc(=O)oc3ccc(F)cc23)cc1. The molecule has 0 radical (unpaired) electrons. The predicted molar refractivity (Wildman–Crippen MR) is 98.8 cm³/mol. The van der Waals surface area contributed by atoms with Crippen molar-refractivity contribution in [1.82, 2.24) is 5.32 Å². The van der Waals surface area contributed by atoms with Crippen LogP contribution in [0.1, 0.15) is 42.3 Å². The number of fused-ring (bicyclic) bond motifs is 1. The van der Waals surface area contributed by atoms with Gasteiger partial charge in [0.1, 0.15) is 11.4 Å². The second-order valence-electron chi connectivity index (χ2n) is 7.24. The fraction of sp³-hybridized carbons (Fsp3) is 0.238. The van der Waals surface area contributed by atoms with Crippen LogP contribution in [0.15, 0.2) is 57.7 Å². The number of carbonyl (C=O) groups is 1. The van der Waals surface area contributed by atoms with Crippen LogP contribution in [0.2, 0.25) is 0 Å². The van der Waals surface area contributed by atoms with E-state index in [0.29, 0.717) is 16.5 Å². The zero-order valence-electron chi connectivity index (χ0n) is 14.9. The standard InChI is InChI=1S/C21H20FNO3/c1-21(2,3)15-6-4-13(5-7-15)20(25)23-12-14-10-19(24)26-18-9-8-16(22)11-17(14)18/h4-11H,12H2,1-3H3,(H,23,25). The van der Waals surface area contributed by atoms with E-state index in [1.807, 2.05) is 12.1 Å². The summed E-state index contributed by atoms with van der Waals surface area (Å²) in [6, 6.07) is 12.6. The number of hydrogen-bond donors (Lipinski definition) is 1. The van der Waals surface area contributed by atoms with Crippen LogP contribution in [0.5, 0.6) is 0 Å². The van der Waals surface area contributed by atoms with Gasteiger partial charge in [-0.15, -0.1) is 0 Å². The molecule has 0 aliphatic heterocycles. The molecule has 3 rings (SSSR count). The van der Waals surface area contributed by atoms with Gasteiger partial charge in [0, 0.05) is 23.6 Å². The minimum Gasteiger partial charge on any atom is -0.423 e. The second kappa shape index (κ2) is 6.75. The summed E-state index contributed by atoms with van der Waals surface area (Å²) in [6.07, 6.45) is 0. The summed E-state index contributed by atoms with van der Waals surface area (Å²) in [6.45, 7) is 6.42. The Labute approximate surface area is 150 Å². The van der Waals surface area contributed by atoms with Crippen molar-refractivity contribution < 1.29 is 13.6 Å². The highest BCUT2D eigenvalue weighted by molar-refractivity contribution is 5.94. The third-order valence-corrected chi connectivity index (χ3v) is 4.24. The van der Waals surface area contributed by atoms with Gasteiger partial charge in [0.2, 0.25) is 0 Å². The number of carbonyl (C=O) groups excluding carboxylic acids is 1. The summed E-state index contributed by atoms with van der Waals surface area (Å²) in [5, 5.41) is 3.24. The first-order valence-electron chi connectivity index (χ1n) is 8.35. The van der Waals surface area contributed by atoms with Crippen LogP contribution in [0.4, 0.5) is 4.39 Å². The van der Waals surface area contributed by atoms with Crippen molar-refractivity contribution in [2.75, 3.05) is 0 Å². The second-order valence-corrected chi connectivity index (χ2v) is 7.24. The largest absolute Gasteiger partial charge is 0.423 e. The Balaban J connectivity index is 1.81. The van der Waals surface area contributed by atoms with Gasteiger partial charge in [-0.3, -0.25) is 4.79 Å². The lowest BCUT2D eigenvalue weighted by atomic mass is 9.87. The Hall–Kier alpha value is -2.95. The lowest BCUT2D eigenvalue weighted by Gasteiger charge is -2.19. The maximum atomic E-state index is 13.5. The number of rotatable bonds is 3. The zero-order chi connectivity index (χ0) is 18.9. The van der Waals surface area contributed by atoms with Crippen molar-refractivity contribution in [1.29, 1.82) is 0 Å². The molecule has 0 saturated carbocycles. The maximum Gasteiger partial charge on any atom is 0.336 e. The van der Waals surface area contributed by atoms with Gasteiger partial charge in [0.15, 0.2) is 0 Å². The normalized spacial score (nSPS) is 11.5. The topological polar surface area (TPSA) is 59.3 Å². The van der Waals surface area contributed by atoms with E-state index < -0.39 is 11.4 Å². The van der Waals surface area contributed by atoms with Crippen LogP contribution < -0.4 is 10.9 Å². The van der Waals surface area contributed by atoms with Gasteiger partial charge in [0.25, 0.3) is 5.91 Å². The lowest BCUT2D eigenvalue weighted by Crippen LogP contribution is -2.23. The van der Waals surface area contributed by atoms with Crippen LogP contribution in [0.25, 0.3) is 11.0 Å². The van der Waals surface area contributed by atoms with Crippen LogP contribution in [-0.4, -0.2) is 5.91 Å². The molecule has 1 aromatic heterocycles. The molecule has 2 aromatic carbocycles. The van der Waals surface area contributed by atoms with Crippen LogP contribution in [0, 0.1) is 5.82 Å². The smallest absolute Gasteiger partial charge is 0.336 e. The third-order valence-electron chi connectivity index (χ3n) is 4.24. The molecular formula is C21H20FNO3. The number of nitrogens with one attached hydrogen (secondary N) is 1. The predicted octanol–water partition coefficient (Wildman–Crippen LogP) is 4.16. The third kappa shape index (κ3) is 3.82. The van der Waals surface area contributed by atoms with Crippen molar-refractivity contribution >= 4 is 16.9 Å². The molecular weight excluding hydrogens is 333 g/mol. The maximum absolute atomic E-state index is 13.5. The summed E-state index contributed by atoms with van der Waals surface area (Å²) >= 11 is 0. The van der Waals surface area contributed by atoms with E-state index in [4.69, 9.17) is 4.42 Å². The summed E-state index contributed by atoms with van der Waals surface area (Å²) in [5.41, 5.74) is 1.93. The van der Waals surface area contributed by atoms with E-state index in [-0.39, 0.29) is 23.4 Å². The van der Waals surface area contributed by atoms with Crippen LogP contribution in [0.3, 0.4) is 0 Å². The minimum atomic E-state index is -0.539. The van der Waals surface area contributed by atoms with Crippen LogP contribution in [-0.2, 0) is 12.0 Å². The number of hydrogen-bond acceptors (Lipinski definition) is 3. The average Bonchev–Trinajstić information content (AvgIpc) is 2.59. The Morgan fingerprint density at radius 3 is 2.42 bits per heavy atom. The highest BCUT2D eigenvalue weighted by atomic mass is 19.1. The van der Waals surface area contributed by atoms with Crippen LogP contribution >= 0.6 is 0 Å². The van der Waals surface area contributed by atoms with Crippen molar-refractivity contribution in [2.24, 2.45) is 0 Å². The van der Waals surface area contributed by atoms with Gasteiger partial charge in [-0.2, -0.15) is 0 Å². The number of benzene rings is 2. The Kier molecular flexibility index (Phi) is 4.64. The van der Waals surface area contributed by atoms with Gasteiger partial charge >= 0.3 is 5.63 Å². The highest BCUT2D eigenvalue weighted by Crippen LogP contribution is 2.22. The molecule has 1 N–H and O–H groups in total. The molecule has 0 aliphatic carbocycles. The van der Waals surface area contributed by atoms with Gasteiger partial charge in [0.05, 0.1) is 0 Å². The van der Waals surface area contributed by atoms with Crippen molar-refractivity contribution in [2.45, 2.75) is 32.7 Å². The number of amides is 1. The van der Waals surface area contributed by atoms with E-state index in [0.717, 1.165) is 5.56 Å². The van der Waals surface area contributed by atoms with E-state index in [1.54, 1.807) is 12.1 Å². The molecule has 0 fully saturated rings. The molecule has 0 spiro atoms. The molecule has 0 aliphatic rings. The first-order chi connectivity index (χ1) is 12.2. The van der Waals surface area contributed by atoms with E-state index >= 15 is 0 Å². The minimum absolute atomic E-state index is 0.00998. The number of halogens is 1. The monoisotopic (exact) mass is 353 g/mol. The molecule has 0 bridgehead atoms. The van der Waals surface area contributed by atoms with Crippen molar-refractivity contribution in [3.63, 3.8) is 0 Å². The molecule has 3 aromatic rings. The Morgan fingerprint density at radius 1 is 1.08 bits per heavy atom. The molecule has 0 unspecified atom stereocenters. The van der Waals surface area contributed by atoms with Crippen molar-refractivity contribution in [3.8, 4) is 0 Å². The van der Waals surface area contributed by atoms with E-state index in [9.17, 15) is 14.0 Å². The Morgan fingerprint density at radius 2 is 1.77 bits per heavy atom. The first kappa shape index (κ1) is 17.9. The lowest BCUT2D eigenvalue weighted by molar-refractivity contribution is 0.0951. The first-order valence-corrected chi connectivity index (χ1v) is 8.35. The molecule has 1 amide bonds. The summed E-state index contributed by atoms with van der Waals surface area (Å²) in [7, 11) is 0. The molecule has 0 saturated heterocycles. The fourth-order valence-corrected chi connectivity index (χ4v) is 2.75. The summed E-state index contributed by atoms with van der Waals surface area (Å²) < 4.78 is 18.6. The molecule has 0 atom stereocenters.